The number of aromatic nitrogens is 4. The van der Waals surface area contributed by atoms with Crippen LogP contribution in [0, 0.1) is 0 Å². The molecule has 2 aromatic heterocycles. The molecule has 0 radical (unpaired) electrons. The second kappa shape index (κ2) is 18.3. The Labute approximate surface area is 456 Å². The number of H-pyrrole nitrogens is 2. The van der Waals surface area contributed by atoms with Gasteiger partial charge in [-0.3, -0.25) is 0 Å². The normalized spacial score (nSPS) is 12.7. The van der Waals surface area contributed by atoms with Gasteiger partial charge in [-0.05, 0) is 70.8 Å². The topological polar surface area (TPSA) is 286 Å². The van der Waals surface area contributed by atoms with E-state index in [4.69, 9.17) is 9.97 Å². The second-order valence-corrected chi connectivity index (χ2v) is 24.5. The minimum Gasteiger partial charge on any atom is -0.744 e. The molecule has 0 amide bonds. The van der Waals surface area contributed by atoms with Gasteiger partial charge in [0.15, 0.2) is 0 Å². The molecule has 394 valence electrons. The van der Waals surface area contributed by atoms with Gasteiger partial charge in [0, 0.05) is 66.1 Å². The Morgan fingerprint density at radius 1 is 0.263 bits per heavy atom. The van der Waals surface area contributed by atoms with Crippen molar-refractivity contribution in [2.75, 3.05) is 0 Å². The van der Waals surface area contributed by atoms with Crippen LogP contribution < -0.4 is 0 Å². The lowest BCUT2D eigenvalue weighted by atomic mass is 9.93. The van der Waals surface area contributed by atoms with Gasteiger partial charge in [-0.25, -0.2) is 43.6 Å². The number of nitrogens with one attached hydrogen (secondary N) is 2. The van der Waals surface area contributed by atoms with E-state index in [9.17, 15) is 51.9 Å². The minimum absolute atomic E-state index is 0.373. The van der Waals surface area contributed by atoms with Crippen LogP contribution in [0.15, 0.2) is 214 Å². The summed E-state index contributed by atoms with van der Waals surface area (Å²) in [6.45, 7) is 0. The molecule has 4 heterocycles. The molecule has 3 aliphatic rings. The standard InChI is InChI=1S/C60H38N4O12S4/c65-77(66,67)37-25-17-33(18-26-37)49-53-41-9-1-2-10-42(41)54(61-53)50(34-19-27-38(28-20-34)78(68,69)70)56-45-13-5-6-14-46(45)58(63-56)52(36-23-31-40(32-24-36)80(74,75)76)60-48-16-8-7-15-47(48)59(64-60)51(35-21-29-39(30-22-35)79(71,72)73)57-44-12-4-3-11-43(44)55(49)62-57/h1-32,61,64H,(H,65,66,67)(H,68,69,70)(H,71,72,73)(H,74,75,76)/p-4. The molecule has 0 unspecified atom stereocenters. The van der Waals surface area contributed by atoms with E-state index < -0.39 is 60.1 Å². The lowest BCUT2D eigenvalue weighted by Gasteiger charge is -2.11. The lowest BCUT2D eigenvalue weighted by Crippen LogP contribution is -1.98. The molecule has 0 fully saturated rings. The zero-order valence-electron chi connectivity index (χ0n) is 40.9. The zero-order valence-corrected chi connectivity index (χ0v) is 44.2. The van der Waals surface area contributed by atoms with Gasteiger partial charge >= 0.3 is 0 Å². The fraction of sp³-hybridized carbons (Fsp3) is 0. The summed E-state index contributed by atoms with van der Waals surface area (Å²) in [6.07, 6.45) is 0. The van der Waals surface area contributed by atoms with Gasteiger partial charge in [0.1, 0.15) is 40.5 Å². The summed E-state index contributed by atoms with van der Waals surface area (Å²) < 4.78 is 149. The van der Waals surface area contributed by atoms with E-state index in [1.165, 1.54) is 97.1 Å². The first-order chi connectivity index (χ1) is 38.2. The Morgan fingerprint density at radius 3 is 0.637 bits per heavy atom. The van der Waals surface area contributed by atoms with Crippen LogP contribution in [0.2, 0.25) is 0 Å². The molecule has 0 saturated carbocycles. The summed E-state index contributed by atoms with van der Waals surface area (Å²) in [6, 6.07) is 51.3. The van der Waals surface area contributed by atoms with Crippen molar-refractivity contribution in [3.63, 3.8) is 0 Å². The molecule has 80 heavy (non-hydrogen) atoms. The van der Waals surface area contributed by atoms with E-state index in [0.717, 1.165) is 0 Å². The van der Waals surface area contributed by atoms with Crippen molar-refractivity contribution in [3.05, 3.63) is 194 Å². The highest BCUT2D eigenvalue weighted by Gasteiger charge is 2.30. The van der Waals surface area contributed by atoms with Crippen LogP contribution >= 0.6 is 0 Å². The van der Waals surface area contributed by atoms with Crippen LogP contribution in [0.3, 0.4) is 0 Å². The number of hydrogen-bond donors (Lipinski definition) is 2. The molecular formula is C60H34N4O12S4-4. The third kappa shape index (κ3) is 8.40. The van der Waals surface area contributed by atoms with Gasteiger partial charge in [0.2, 0.25) is 0 Å². The number of rotatable bonds is 8. The van der Waals surface area contributed by atoms with Crippen LogP contribution in [-0.2, 0) is 40.5 Å². The van der Waals surface area contributed by atoms with Crippen molar-refractivity contribution < 1.29 is 51.9 Å². The van der Waals surface area contributed by atoms with E-state index >= 15 is 0 Å². The van der Waals surface area contributed by atoms with Crippen molar-refractivity contribution in [3.8, 4) is 89.5 Å². The molecule has 8 aromatic carbocycles. The predicted octanol–water partition coefficient (Wildman–Crippen LogP) is 11.6. The number of aromatic amines is 2. The molecule has 20 heteroatoms. The fourth-order valence-electron chi connectivity index (χ4n) is 10.9. The Hall–Kier alpha value is -8.96. The maximum Gasteiger partial charge on any atom is 0.124 e. The number of benzene rings is 8. The van der Waals surface area contributed by atoms with Crippen molar-refractivity contribution in [2.45, 2.75) is 19.6 Å². The van der Waals surface area contributed by atoms with Gasteiger partial charge in [-0.2, -0.15) is 0 Å². The first-order valence-corrected chi connectivity index (χ1v) is 29.9. The Balaban J connectivity index is 1.35. The SMILES string of the molecule is O=S(=O)([O-])c1ccc(-c2c3nc(c(-c4ccc(S(=O)(=O)[O-])cc4)c4[nH]c(c(-c5ccc(S(=O)(=O)[O-])cc5)c5nc(c(-c6ccc(S(=O)(=O)[O-])cc6)c6[nH]c2c2ccccc62)-c2ccccc2-5)c2ccccc42)-c2ccccc2-3)cc1. The third-order valence-electron chi connectivity index (χ3n) is 14.4. The summed E-state index contributed by atoms with van der Waals surface area (Å²) >= 11 is 0. The van der Waals surface area contributed by atoms with Crippen LogP contribution in [-0.4, -0.2) is 71.8 Å². The van der Waals surface area contributed by atoms with Crippen LogP contribution in [0.25, 0.3) is 133 Å². The maximum absolute atomic E-state index is 12.4. The average molecular weight is 1130 g/mol. The molecule has 8 bridgehead atoms. The van der Waals surface area contributed by atoms with E-state index in [2.05, 4.69) is 9.97 Å². The number of nitrogens with zero attached hydrogens (tertiary/aromatic N) is 2. The lowest BCUT2D eigenvalue weighted by molar-refractivity contribution is 0.461. The molecule has 13 rings (SSSR count). The highest BCUT2D eigenvalue weighted by molar-refractivity contribution is 7.86. The van der Waals surface area contributed by atoms with Gasteiger partial charge in [-0.1, -0.05) is 146 Å². The summed E-state index contributed by atoms with van der Waals surface area (Å²) in [7, 11) is -19.6. The highest BCUT2D eigenvalue weighted by atomic mass is 32.2. The summed E-state index contributed by atoms with van der Waals surface area (Å²) in [4.78, 5) is 16.7. The summed E-state index contributed by atoms with van der Waals surface area (Å²) in [5.41, 5.74) is 9.18. The van der Waals surface area contributed by atoms with Crippen molar-refractivity contribution >= 4 is 84.1 Å². The molecule has 0 spiro atoms. The molecule has 0 saturated heterocycles. The molecule has 2 aliphatic heterocycles. The summed E-state index contributed by atoms with van der Waals surface area (Å²) in [5.74, 6) is 0. The Bertz CT molecular complexity index is 4500. The van der Waals surface area contributed by atoms with E-state index in [-0.39, 0.29) is 0 Å². The largest absolute Gasteiger partial charge is 0.744 e. The van der Waals surface area contributed by atoms with E-state index in [1.54, 1.807) is 0 Å². The molecular weight excluding hydrogens is 1100 g/mol. The van der Waals surface area contributed by atoms with E-state index in [0.29, 0.717) is 133 Å². The molecule has 1 aliphatic carbocycles. The van der Waals surface area contributed by atoms with Gasteiger partial charge in [0.05, 0.1) is 64.4 Å². The van der Waals surface area contributed by atoms with Crippen LogP contribution in [0.5, 0.6) is 0 Å². The maximum atomic E-state index is 12.4. The van der Waals surface area contributed by atoms with Gasteiger partial charge < -0.3 is 28.2 Å². The van der Waals surface area contributed by atoms with Crippen molar-refractivity contribution in [1.82, 2.24) is 19.9 Å². The Morgan fingerprint density at radius 2 is 0.450 bits per heavy atom. The monoisotopic (exact) mass is 1130 g/mol. The quantitative estimate of drug-likeness (QED) is 0.134. The molecule has 2 N–H and O–H groups in total. The zero-order chi connectivity index (χ0) is 55.6. The first-order valence-electron chi connectivity index (χ1n) is 24.3. The smallest absolute Gasteiger partial charge is 0.124 e. The second-order valence-electron chi connectivity index (χ2n) is 19.0. The fourth-order valence-corrected chi connectivity index (χ4v) is 12.8. The van der Waals surface area contributed by atoms with Crippen LogP contribution in [0.1, 0.15) is 0 Å². The Kier molecular flexibility index (Phi) is 11.6. The first kappa shape index (κ1) is 50.5. The van der Waals surface area contributed by atoms with Crippen LogP contribution in [0.4, 0.5) is 0 Å². The molecule has 10 aromatic rings. The minimum atomic E-state index is -4.91. The predicted molar refractivity (Wildman–Crippen MR) is 298 cm³/mol. The van der Waals surface area contributed by atoms with Gasteiger partial charge in [0.25, 0.3) is 0 Å². The third-order valence-corrected chi connectivity index (χ3v) is 17.8. The van der Waals surface area contributed by atoms with Gasteiger partial charge in [-0.15, -0.1) is 0 Å². The van der Waals surface area contributed by atoms with Crippen molar-refractivity contribution in [2.24, 2.45) is 0 Å². The summed E-state index contributed by atoms with van der Waals surface area (Å²) in [5, 5.41) is 2.51. The van der Waals surface area contributed by atoms with E-state index in [1.807, 2.05) is 97.1 Å². The highest BCUT2D eigenvalue weighted by Crippen LogP contribution is 2.52. The average Bonchev–Trinajstić information content (AvgIpc) is 4.26. The molecule has 16 nitrogen and oxygen atoms in total. The van der Waals surface area contributed by atoms with Crippen molar-refractivity contribution in [1.29, 1.82) is 0 Å². The number of hydrogen-bond acceptors (Lipinski definition) is 14. The molecule has 0 atom stereocenters.